The highest BCUT2D eigenvalue weighted by Gasteiger charge is 2.29. The maximum atomic E-state index is 13.4. The van der Waals surface area contributed by atoms with E-state index in [0.29, 0.717) is 33.8 Å². The second kappa shape index (κ2) is 12.4. The first-order valence-electron chi connectivity index (χ1n) is 10.3. The van der Waals surface area contributed by atoms with Gasteiger partial charge in [-0.2, -0.15) is 11.8 Å². The Morgan fingerprint density at radius 3 is 2.41 bits per heavy atom. The van der Waals surface area contributed by atoms with Crippen LogP contribution in [0.1, 0.15) is 5.56 Å². The highest BCUT2D eigenvalue weighted by atomic mass is 35.5. The number of rotatable bonds is 11. The van der Waals surface area contributed by atoms with Crippen molar-refractivity contribution in [2.24, 2.45) is 0 Å². The molecule has 0 aliphatic heterocycles. The van der Waals surface area contributed by atoms with Gasteiger partial charge in [-0.15, -0.1) is 0 Å². The second-order valence-electron chi connectivity index (χ2n) is 7.15. The molecule has 6 nitrogen and oxygen atoms in total. The molecule has 1 N–H and O–H groups in total. The Morgan fingerprint density at radius 2 is 1.71 bits per heavy atom. The fourth-order valence-corrected chi connectivity index (χ4v) is 5.70. The number of anilines is 1. The number of halogens is 2. The van der Waals surface area contributed by atoms with Crippen LogP contribution in [-0.2, 0) is 20.6 Å². The Labute approximate surface area is 214 Å². The predicted octanol–water partition coefficient (Wildman–Crippen LogP) is 5.25. The molecule has 0 spiro atoms. The first-order valence-corrected chi connectivity index (χ1v) is 13.7. The normalized spacial score (nSPS) is 11.1. The van der Waals surface area contributed by atoms with Crippen LogP contribution in [0.5, 0.6) is 5.75 Å². The minimum absolute atomic E-state index is 0.0888. The van der Waals surface area contributed by atoms with Gasteiger partial charge in [0.15, 0.2) is 0 Å². The minimum Gasteiger partial charge on any atom is -0.495 e. The number of sulfonamides is 1. The molecule has 0 saturated heterocycles. The molecule has 180 valence electrons. The van der Waals surface area contributed by atoms with E-state index in [9.17, 15) is 13.2 Å². The van der Waals surface area contributed by atoms with Gasteiger partial charge in [0.1, 0.15) is 12.3 Å². The SMILES string of the molecule is COc1ccccc1N(CC(=O)NCCSCc1ccc(Cl)c(Cl)c1)S(=O)(=O)c1ccccc1. The summed E-state index contributed by atoms with van der Waals surface area (Å²) >= 11 is 13.6. The molecule has 0 atom stereocenters. The number of methoxy groups -OCH3 is 1. The topological polar surface area (TPSA) is 75.7 Å². The number of para-hydroxylation sites is 2. The lowest BCUT2D eigenvalue weighted by Gasteiger charge is -2.25. The van der Waals surface area contributed by atoms with Gasteiger partial charge < -0.3 is 10.1 Å². The third-order valence-electron chi connectivity index (χ3n) is 4.79. The number of ether oxygens (including phenoxy) is 1. The third kappa shape index (κ3) is 6.82. The van der Waals surface area contributed by atoms with Crippen molar-refractivity contribution < 1.29 is 17.9 Å². The molecular formula is C24H24Cl2N2O4S2. The molecule has 3 aromatic rings. The number of thioether (sulfide) groups is 1. The van der Waals surface area contributed by atoms with Gasteiger partial charge in [-0.3, -0.25) is 9.10 Å². The van der Waals surface area contributed by atoms with E-state index in [4.69, 9.17) is 27.9 Å². The van der Waals surface area contributed by atoms with Crippen LogP contribution in [-0.4, -0.2) is 40.3 Å². The molecule has 0 bridgehead atoms. The molecule has 10 heteroatoms. The smallest absolute Gasteiger partial charge is 0.264 e. The molecular weight excluding hydrogens is 515 g/mol. The number of hydrogen-bond donors (Lipinski definition) is 1. The maximum Gasteiger partial charge on any atom is 0.264 e. The van der Waals surface area contributed by atoms with Crippen molar-refractivity contribution in [3.63, 3.8) is 0 Å². The molecule has 0 aliphatic rings. The monoisotopic (exact) mass is 538 g/mol. The fraction of sp³-hybridized carbons (Fsp3) is 0.208. The quantitative estimate of drug-likeness (QED) is 0.337. The van der Waals surface area contributed by atoms with Gasteiger partial charge in [0, 0.05) is 18.1 Å². The Morgan fingerprint density at radius 1 is 1.00 bits per heavy atom. The van der Waals surface area contributed by atoms with Gasteiger partial charge in [0.05, 0.1) is 27.7 Å². The number of carbonyl (C=O) groups is 1. The van der Waals surface area contributed by atoms with Crippen LogP contribution >= 0.6 is 35.0 Å². The Hall–Kier alpha value is -2.39. The molecule has 0 radical (unpaired) electrons. The number of benzene rings is 3. The first-order chi connectivity index (χ1) is 16.3. The molecule has 0 saturated carbocycles. The average molecular weight is 540 g/mol. The predicted molar refractivity (Wildman–Crippen MR) is 140 cm³/mol. The Bertz CT molecular complexity index is 1220. The zero-order valence-electron chi connectivity index (χ0n) is 18.4. The third-order valence-corrected chi connectivity index (χ3v) is 8.34. The standard InChI is InChI=1S/C24H24Cl2N2O4S2/c1-32-23-10-6-5-9-22(23)28(34(30,31)19-7-3-2-4-8-19)16-24(29)27-13-14-33-17-18-11-12-20(25)21(26)15-18/h2-12,15H,13-14,16-17H2,1H3,(H,27,29). The van der Waals surface area contributed by atoms with Crippen molar-refractivity contribution in [2.45, 2.75) is 10.6 Å². The lowest BCUT2D eigenvalue weighted by atomic mass is 10.2. The van der Waals surface area contributed by atoms with Gasteiger partial charge in [-0.1, -0.05) is 59.6 Å². The minimum atomic E-state index is -4.00. The molecule has 0 fully saturated rings. The number of nitrogens with zero attached hydrogens (tertiary/aromatic N) is 1. The van der Waals surface area contributed by atoms with Crippen molar-refractivity contribution in [1.29, 1.82) is 0 Å². The molecule has 0 heterocycles. The number of amides is 1. The van der Waals surface area contributed by atoms with Crippen LogP contribution in [0.15, 0.2) is 77.7 Å². The lowest BCUT2D eigenvalue weighted by molar-refractivity contribution is -0.119. The van der Waals surface area contributed by atoms with Crippen LogP contribution in [0.3, 0.4) is 0 Å². The van der Waals surface area contributed by atoms with Crippen LogP contribution in [0.25, 0.3) is 0 Å². The zero-order valence-corrected chi connectivity index (χ0v) is 21.6. The van der Waals surface area contributed by atoms with Gasteiger partial charge in [0.2, 0.25) is 5.91 Å². The molecule has 0 aliphatic carbocycles. The van der Waals surface area contributed by atoms with E-state index >= 15 is 0 Å². The number of carbonyl (C=O) groups excluding carboxylic acids is 1. The van der Waals surface area contributed by atoms with Gasteiger partial charge >= 0.3 is 0 Å². The second-order valence-corrected chi connectivity index (χ2v) is 10.9. The summed E-state index contributed by atoms with van der Waals surface area (Å²) < 4.78 is 33.2. The van der Waals surface area contributed by atoms with Crippen molar-refractivity contribution in [2.75, 3.05) is 30.3 Å². The molecule has 34 heavy (non-hydrogen) atoms. The maximum absolute atomic E-state index is 13.4. The van der Waals surface area contributed by atoms with E-state index < -0.39 is 15.9 Å². The first kappa shape index (κ1) is 26.2. The molecule has 3 rings (SSSR count). The highest BCUT2D eigenvalue weighted by molar-refractivity contribution is 7.98. The van der Waals surface area contributed by atoms with Gasteiger partial charge in [0.25, 0.3) is 10.0 Å². The molecule has 0 aromatic heterocycles. The van der Waals surface area contributed by atoms with Crippen LogP contribution in [0, 0.1) is 0 Å². The summed E-state index contributed by atoms with van der Waals surface area (Å²) in [7, 11) is -2.54. The summed E-state index contributed by atoms with van der Waals surface area (Å²) in [6, 6.07) is 20.2. The van der Waals surface area contributed by atoms with E-state index in [-0.39, 0.29) is 17.1 Å². The Balaban J connectivity index is 1.65. The van der Waals surface area contributed by atoms with Gasteiger partial charge in [-0.05, 0) is 42.0 Å². The van der Waals surface area contributed by atoms with Crippen molar-refractivity contribution in [3.8, 4) is 5.75 Å². The number of hydrogen-bond acceptors (Lipinski definition) is 5. The lowest BCUT2D eigenvalue weighted by Crippen LogP contribution is -2.41. The fourth-order valence-electron chi connectivity index (χ4n) is 3.12. The zero-order chi connectivity index (χ0) is 24.6. The highest BCUT2D eigenvalue weighted by Crippen LogP contribution is 2.32. The van der Waals surface area contributed by atoms with Crippen molar-refractivity contribution in [3.05, 3.63) is 88.4 Å². The summed E-state index contributed by atoms with van der Waals surface area (Å²) in [6.45, 7) is 0.00499. The van der Waals surface area contributed by atoms with Crippen molar-refractivity contribution in [1.82, 2.24) is 5.32 Å². The summed E-state index contributed by atoms with van der Waals surface area (Å²) in [6.07, 6.45) is 0. The number of nitrogens with one attached hydrogen (secondary N) is 1. The van der Waals surface area contributed by atoms with E-state index in [1.165, 1.54) is 19.2 Å². The Kier molecular flexibility index (Phi) is 9.53. The summed E-state index contributed by atoms with van der Waals surface area (Å²) in [4.78, 5) is 12.8. The largest absolute Gasteiger partial charge is 0.495 e. The van der Waals surface area contributed by atoms with Crippen LogP contribution in [0.4, 0.5) is 5.69 Å². The molecule has 0 unspecified atom stereocenters. The van der Waals surface area contributed by atoms with E-state index in [1.54, 1.807) is 60.3 Å². The van der Waals surface area contributed by atoms with E-state index in [0.717, 1.165) is 9.87 Å². The van der Waals surface area contributed by atoms with Gasteiger partial charge in [-0.25, -0.2) is 8.42 Å². The van der Waals surface area contributed by atoms with Crippen LogP contribution in [0.2, 0.25) is 10.0 Å². The van der Waals surface area contributed by atoms with Crippen molar-refractivity contribution >= 4 is 56.6 Å². The summed E-state index contributed by atoms with van der Waals surface area (Å²) in [5.74, 6) is 1.29. The van der Waals surface area contributed by atoms with E-state index in [2.05, 4.69) is 5.32 Å². The average Bonchev–Trinajstić information content (AvgIpc) is 2.85. The summed E-state index contributed by atoms with van der Waals surface area (Å²) in [5, 5.41) is 3.81. The molecule has 1 amide bonds. The van der Waals surface area contributed by atoms with Crippen LogP contribution < -0.4 is 14.4 Å². The van der Waals surface area contributed by atoms with E-state index in [1.807, 2.05) is 12.1 Å². The summed E-state index contributed by atoms with van der Waals surface area (Å²) in [5.41, 5.74) is 1.32. The molecule has 3 aromatic carbocycles.